The van der Waals surface area contributed by atoms with Crippen molar-refractivity contribution in [2.45, 2.75) is 19.2 Å². The van der Waals surface area contributed by atoms with Crippen LogP contribution in [0.15, 0.2) is 48.4 Å². The van der Waals surface area contributed by atoms with Gasteiger partial charge in [-0.3, -0.25) is 13.9 Å². The van der Waals surface area contributed by atoms with Crippen molar-refractivity contribution < 1.29 is 30.7 Å². The summed E-state index contributed by atoms with van der Waals surface area (Å²) in [5, 5.41) is 1.58. The molecule has 1 aromatic carbocycles. The summed E-state index contributed by atoms with van der Waals surface area (Å²) in [7, 11) is -8.25. The molecule has 1 rings (SSSR count). The lowest BCUT2D eigenvalue weighted by Crippen LogP contribution is -2.43. The van der Waals surface area contributed by atoms with Gasteiger partial charge in [-0.05, 0) is 23.6 Å². The SMILES string of the molecule is C=CC(=O)NC(C(C)C)S(=O)(=O)O.O=S(=O)(O)C=Cc1ccccc1. The van der Waals surface area contributed by atoms with Gasteiger partial charge in [-0.25, -0.2) is 0 Å². The van der Waals surface area contributed by atoms with Gasteiger partial charge in [-0.2, -0.15) is 16.8 Å². The van der Waals surface area contributed by atoms with Gasteiger partial charge in [-0.1, -0.05) is 50.8 Å². The maximum Gasteiger partial charge on any atom is 0.287 e. The number of carbonyl (C=O) groups is 1. The molecule has 0 heterocycles. The molecule has 25 heavy (non-hydrogen) atoms. The average molecular weight is 391 g/mol. The largest absolute Gasteiger partial charge is 0.334 e. The third-order valence-electron chi connectivity index (χ3n) is 2.63. The van der Waals surface area contributed by atoms with E-state index in [9.17, 15) is 21.6 Å². The van der Waals surface area contributed by atoms with E-state index in [4.69, 9.17) is 9.11 Å². The molecule has 10 heteroatoms. The lowest BCUT2D eigenvalue weighted by molar-refractivity contribution is -0.116. The number of amides is 1. The highest BCUT2D eigenvalue weighted by atomic mass is 32.2. The van der Waals surface area contributed by atoms with Crippen LogP contribution in [0.4, 0.5) is 0 Å². The van der Waals surface area contributed by atoms with Crippen molar-refractivity contribution in [3.05, 3.63) is 54.0 Å². The van der Waals surface area contributed by atoms with E-state index in [1.807, 2.05) is 6.07 Å². The van der Waals surface area contributed by atoms with Crippen LogP contribution in [0.1, 0.15) is 19.4 Å². The third-order valence-corrected chi connectivity index (χ3v) is 4.41. The molecule has 1 unspecified atom stereocenters. The Morgan fingerprint density at radius 3 is 2.00 bits per heavy atom. The quantitative estimate of drug-likeness (QED) is 0.495. The van der Waals surface area contributed by atoms with Crippen LogP contribution in [0.25, 0.3) is 6.08 Å². The second-order valence-corrected chi connectivity index (χ2v) is 7.96. The average Bonchev–Trinajstić information content (AvgIpc) is 2.50. The fraction of sp³-hybridized carbons (Fsp3) is 0.267. The molecule has 0 fully saturated rings. The monoisotopic (exact) mass is 391 g/mol. The molecule has 0 bridgehead atoms. The van der Waals surface area contributed by atoms with E-state index in [1.54, 1.807) is 38.1 Å². The topological polar surface area (TPSA) is 138 Å². The maximum atomic E-state index is 10.8. The molecule has 0 saturated heterocycles. The van der Waals surface area contributed by atoms with Gasteiger partial charge in [0.15, 0.2) is 5.37 Å². The van der Waals surface area contributed by atoms with E-state index in [1.165, 1.54) is 6.08 Å². The Labute approximate surface area is 147 Å². The molecule has 0 aliphatic heterocycles. The van der Waals surface area contributed by atoms with Crippen LogP contribution >= 0.6 is 0 Å². The zero-order valence-corrected chi connectivity index (χ0v) is 15.4. The molecule has 1 aromatic rings. The van der Waals surface area contributed by atoms with Gasteiger partial charge in [-0.15, -0.1) is 0 Å². The van der Waals surface area contributed by atoms with Crippen molar-refractivity contribution in [1.29, 1.82) is 0 Å². The number of carbonyl (C=O) groups excluding carboxylic acids is 1. The Bertz CT molecular complexity index is 798. The Morgan fingerprint density at radius 2 is 1.64 bits per heavy atom. The summed E-state index contributed by atoms with van der Waals surface area (Å²) in [6.07, 6.45) is 2.27. The molecule has 0 aromatic heterocycles. The van der Waals surface area contributed by atoms with Crippen LogP contribution in [-0.2, 0) is 25.0 Å². The van der Waals surface area contributed by atoms with Gasteiger partial charge in [0.1, 0.15) is 0 Å². The molecular formula is C15H21NO7S2. The highest BCUT2D eigenvalue weighted by molar-refractivity contribution is 7.88. The number of hydrogen-bond acceptors (Lipinski definition) is 5. The summed E-state index contributed by atoms with van der Waals surface area (Å²) in [5.74, 6) is -1.03. The zero-order chi connectivity index (χ0) is 19.7. The van der Waals surface area contributed by atoms with Crippen molar-refractivity contribution in [3.63, 3.8) is 0 Å². The number of benzene rings is 1. The minimum absolute atomic E-state index is 0.404. The summed E-state index contributed by atoms with van der Waals surface area (Å²) >= 11 is 0. The van der Waals surface area contributed by atoms with Gasteiger partial charge in [0.2, 0.25) is 5.91 Å². The smallest absolute Gasteiger partial charge is 0.287 e. The summed E-state index contributed by atoms with van der Waals surface area (Å²) in [6, 6.07) is 8.86. The fourth-order valence-corrected chi connectivity index (χ4v) is 2.79. The van der Waals surface area contributed by atoms with Crippen molar-refractivity contribution in [2.24, 2.45) is 5.92 Å². The van der Waals surface area contributed by atoms with Gasteiger partial charge in [0.25, 0.3) is 20.2 Å². The number of nitrogens with one attached hydrogen (secondary N) is 1. The van der Waals surface area contributed by atoms with Crippen LogP contribution in [0.2, 0.25) is 0 Å². The normalized spacial score (nSPS) is 13.0. The standard InChI is InChI=1S/C8H8O3S.C7H13NO4S/c9-12(10,11)7-6-8-4-2-1-3-5-8;1-4-6(9)8-7(5(2)3)13(10,11)12/h1-7H,(H,9,10,11);4-5,7H,1H2,2-3H3,(H,8,9)(H,10,11,12). The van der Waals surface area contributed by atoms with E-state index in [2.05, 4.69) is 11.9 Å². The highest BCUT2D eigenvalue weighted by Gasteiger charge is 2.27. The Balaban J connectivity index is 0.000000462. The Morgan fingerprint density at radius 1 is 1.12 bits per heavy atom. The lowest BCUT2D eigenvalue weighted by Gasteiger charge is -2.17. The van der Waals surface area contributed by atoms with E-state index >= 15 is 0 Å². The molecule has 0 aliphatic rings. The lowest BCUT2D eigenvalue weighted by atomic mass is 10.2. The first-order chi connectivity index (χ1) is 11.4. The highest BCUT2D eigenvalue weighted by Crippen LogP contribution is 2.07. The van der Waals surface area contributed by atoms with Gasteiger partial charge < -0.3 is 5.32 Å². The first-order valence-corrected chi connectivity index (χ1v) is 9.97. The Hall–Kier alpha value is -2.01. The molecule has 0 spiro atoms. The molecule has 140 valence electrons. The molecule has 3 N–H and O–H groups in total. The fourth-order valence-electron chi connectivity index (χ4n) is 1.51. The van der Waals surface area contributed by atoms with Crippen LogP contribution < -0.4 is 5.32 Å². The van der Waals surface area contributed by atoms with Crippen molar-refractivity contribution >= 4 is 32.2 Å². The predicted octanol–water partition coefficient (Wildman–Crippen LogP) is 1.70. The Kier molecular flexibility index (Phi) is 9.28. The summed E-state index contributed by atoms with van der Waals surface area (Å²) in [6.45, 7) is 6.31. The summed E-state index contributed by atoms with van der Waals surface area (Å²) in [4.78, 5) is 10.8. The van der Waals surface area contributed by atoms with Crippen LogP contribution in [0.5, 0.6) is 0 Å². The molecule has 8 nitrogen and oxygen atoms in total. The second kappa shape index (κ2) is 10.1. The minimum atomic E-state index is -4.25. The molecule has 1 amide bonds. The first-order valence-electron chi connectivity index (χ1n) is 6.96. The molecule has 0 radical (unpaired) electrons. The second-order valence-electron chi connectivity index (χ2n) is 5.12. The molecule has 0 saturated carbocycles. The predicted molar refractivity (Wildman–Crippen MR) is 95.5 cm³/mol. The van der Waals surface area contributed by atoms with E-state index in [0.29, 0.717) is 0 Å². The van der Waals surface area contributed by atoms with Crippen molar-refractivity contribution in [2.75, 3.05) is 0 Å². The summed E-state index contributed by atoms with van der Waals surface area (Å²) in [5.41, 5.74) is 0.732. The van der Waals surface area contributed by atoms with Gasteiger partial charge in [0, 0.05) is 0 Å². The third kappa shape index (κ3) is 11.2. The minimum Gasteiger partial charge on any atom is -0.334 e. The van der Waals surface area contributed by atoms with E-state index in [0.717, 1.165) is 17.0 Å². The van der Waals surface area contributed by atoms with Crippen molar-refractivity contribution in [3.8, 4) is 0 Å². The molecule has 1 atom stereocenters. The van der Waals surface area contributed by atoms with Crippen LogP contribution in [0, 0.1) is 5.92 Å². The first kappa shape index (κ1) is 23.0. The van der Waals surface area contributed by atoms with Gasteiger partial charge >= 0.3 is 0 Å². The van der Waals surface area contributed by atoms with E-state index in [-0.39, 0.29) is 0 Å². The number of hydrogen-bond donors (Lipinski definition) is 3. The summed E-state index contributed by atoms with van der Waals surface area (Å²) < 4.78 is 59.1. The van der Waals surface area contributed by atoms with Crippen molar-refractivity contribution in [1.82, 2.24) is 5.32 Å². The molecule has 0 aliphatic carbocycles. The van der Waals surface area contributed by atoms with E-state index < -0.39 is 37.4 Å². The van der Waals surface area contributed by atoms with Crippen LogP contribution in [0.3, 0.4) is 0 Å². The zero-order valence-electron chi connectivity index (χ0n) is 13.7. The van der Waals surface area contributed by atoms with Crippen LogP contribution in [-0.4, -0.2) is 37.2 Å². The van der Waals surface area contributed by atoms with Gasteiger partial charge in [0.05, 0.1) is 5.41 Å². The number of rotatable bonds is 6. The maximum absolute atomic E-state index is 10.8. The molecular weight excluding hydrogens is 370 g/mol.